The van der Waals surface area contributed by atoms with Gasteiger partial charge in [-0.25, -0.2) is 9.78 Å². The molecule has 0 aliphatic rings. The Morgan fingerprint density at radius 1 is 1.23 bits per heavy atom. The van der Waals surface area contributed by atoms with Gasteiger partial charge in [0.15, 0.2) is 0 Å². The lowest BCUT2D eigenvalue weighted by atomic mass is 10.2. The maximum Gasteiger partial charge on any atom is 0.338 e. The van der Waals surface area contributed by atoms with Crippen molar-refractivity contribution >= 4 is 17.7 Å². The average molecular weight is 300 g/mol. The number of carbonyl (C=O) groups is 2. The third-order valence-electron chi connectivity index (χ3n) is 2.86. The summed E-state index contributed by atoms with van der Waals surface area (Å²) in [5, 5.41) is 2.63. The number of pyridine rings is 1. The molecular formula is C16H16N2O4. The number of anilines is 1. The summed E-state index contributed by atoms with van der Waals surface area (Å²) in [6, 6.07) is 9.83. The molecule has 0 saturated carbocycles. The Morgan fingerprint density at radius 2 is 2.00 bits per heavy atom. The van der Waals surface area contributed by atoms with Crippen molar-refractivity contribution in [3.63, 3.8) is 0 Å². The van der Waals surface area contributed by atoms with Gasteiger partial charge in [0.1, 0.15) is 11.6 Å². The topological polar surface area (TPSA) is 77.5 Å². The molecular weight excluding hydrogens is 284 g/mol. The molecule has 0 aliphatic carbocycles. The van der Waals surface area contributed by atoms with Crippen molar-refractivity contribution in [1.29, 1.82) is 0 Å². The van der Waals surface area contributed by atoms with Crippen LogP contribution in [0.25, 0.3) is 0 Å². The Kier molecular flexibility index (Phi) is 5.08. The van der Waals surface area contributed by atoms with Crippen LogP contribution in [0.15, 0.2) is 42.6 Å². The number of nitrogens with zero attached hydrogens (tertiary/aromatic N) is 1. The van der Waals surface area contributed by atoms with Gasteiger partial charge in [-0.2, -0.15) is 0 Å². The van der Waals surface area contributed by atoms with Crippen molar-refractivity contribution in [3.8, 4) is 5.75 Å². The maximum atomic E-state index is 12.3. The van der Waals surface area contributed by atoms with Gasteiger partial charge in [0.25, 0.3) is 5.91 Å². The quantitative estimate of drug-likeness (QED) is 0.858. The number of amides is 1. The van der Waals surface area contributed by atoms with Gasteiger partial charge in [0.05, 0.1) is 24.8 Å². The number of hydrogen-bond donors (Lipinski definition) is 1. The smallest absolute Gasteiger partial charge is 0.338 e. The van der Waals surface area contributed by atoms with Crippen LogP contribution < -0.4 is 10.1 Å². The van der Waals surface area contributed by atoms with Crippen molar-refractivity contribution in [2.24, 2.45) is 0 Å². The molecule has 1 aromatic heterocycles. The molecule has 0 aliphatic heterocycles. The second-order valence-electron chi connectivity index (χ2n) is 4.30. The van der Waals surface area contributed by atoms with E-state index in [1.54, 1.807) is 31.2 Å². The van der Waals surface area contributed by atoms with Crippen LogP contribution in [0.5, 0.6) is 5.75 Å². The van der Waals surface area contributed by atoms with Gasteiger partial charge in [0, 0.05) is 6.20 Å². The third-order valence-corrected chi connectivity index (χ3v) is 2.86. The summed E-state index contributed by atoms with van der Waals surface area (Å²) in [5.74, 6) is -0.105. The predicted molar refractivity (Wildman–Crippen MR) is 81.1 cm³/mol. The minimum Gasteiger partial charge on any atom is -0.496 e. The number of benzene rings is 1. The van der Waals surface area contributed by atoms with Gasteiger partial charge < -0.3 is 14.8 Å². The van der Waals surface area contributed by atoms with E-state index in [2.05, 4.69) is 10.3 Å². The van der Waals surface area contributed by atoms with E-state index in [0.29, 0.717) is 16.9 Å². The van der Waals surface area contributed by atoms with Crippen molar-refractivity contribution in [2.45, 2.75) is 6.92 Å². The normalized spacial score (nSPS) is 9.91. The predicted octanol–water partition coefficient (Wildman–Crippen LogP) is 2.52. The molecule has 114 valence electrons. The van der Waals surface area contributed by atoms with Crippen LogP contribution >= 0.6 is 0 Å². The van der Waals surface area contributed by atoms with E-state index in [0.717, 1.165) is 0 Å². The van der Waals surface area contributed by atoms with Crippen molar-refractivity contribution in [2.75, 3.05) is 19.0 Å². The van der Waals surface area contributed by atoms with Crippen molar-refractivity contribution < 1.29 is 19.1 Å². The van der Waals surface area contributed by atoms with Crippen LogP contribution in [-0.4, -0.2) is 30.6 Å². The Balaban J connectivity index is 2.18. The standard InChI is InChI=1S/C16H16N2O4/c1-3-22-16(20)11-8-9-17-14(10-11)18-15(19)12-6-4-5-7-13(12)21-2/h4-10H,3H2,1-2H3,(H,17,18,19). The van der Waals surface area contributed by atoms with E-state index in [4.69, 9.17) is 9.47 Å². The van der Waals surface area contributed by atoms with Crippen LogP contribution in [0.3, 0.4) is 0 Å². The summed E-state index contributed by atoms with van der Waals surface area (Å²) >= 11 is 0. The first-order chi connectivity index (χ1) is 10.7. The summed E-state index contributed by atoms with van der Waals surface area (Å²) in [6.07, 6.45) is 1.43. The molecule has 6 nitrogen and oxygen atoms in total. The molecule has 0 saturated heterocycles. The Labute approximate surface area is 128 Å². The highest BCUT2D eigenvalue weighted by Gasteiger charge is 2.13. The fourth-order valence-electron chi connectivity index (χ4n) is 1.86. The third kappa shape index (κ3) is 3.60. The highest BCUT2D eigenvalue weighted by atomic mass is 16.5. The molecule has 0 radical (unpaired) electrons. The fourth-order valence-corrected chi connectivity index (χ4v) is 1.86. The second-order valence-corrected chi connectivity index (χ2v) is 4.30. The van der Waals surface area contributed by atoms with Gasteiger partial charge in [-0.3, -0.25) is 4.79 Å². The molecule has 1 amide bonds. The number of methoxy groups -OCH3 is 1. The summed E-state index contributed by atoms with van der Waals surface area (Å²) in [7, 11) is 1.49. The number of aromatic nitrogens is 1. The lowest BCUT2D eigenvalue weighted by molar-refractivity contribution is 0.0526. The summed E-state index contributed by atoms with van der Waals surface area (Å²) < 4.78 is 10.1. The fraction of sp³-hybridized carbons (Fsp3) is 0.188. The number of ether oxygens (including phenoxy) is 2. The number of nitrogens with one attached hydrogen (secondary N) is 1. The monoisotopic (exact) mass is 300 g/mol. The molecule has 6 heteroatoms. The van der Waals surface area contributed by atoms with E-state index in [-0.39, 0.29) is 18.3 Å². The molecule has 0 bridgehead atoms. The molecule has 2 aromatic rings. The number of para-hydroxylation sites is 1. The molecule has 1 aromatic carbocycles. The first-order valence-electron chi connectivity index (χ1n) is 6.73. The molecule has 1 heterocycles. The Morgan fingerprint density at radius 3 is 2.73 bits per heavy atom. The Bertz CT molecular complexity index is 685. The zero-order valence-corrected chi connectivity index (χ0v) is 12.3. The number of esters is 1. The Hall–Kier alpha value is -2.89. The van der Waals surface area contributed by atoms with E-state index < -0.39 is 5.97 Å². The zero-order valence-electron chi connectivity index (χ0n) is 12.3. The van der Waals surface area contributed by atoms with E-state index in [9.17, 15) is 9.59 Å². The number of hydrogen-bond acceptors (Lipinski definition) is 5. The average Bonchev–Trinajstić information content (AvgIpc) is 2.55. The zero-order chi connectivity index (χ0) is 15.9. The second kappa shape index (κ2) is 7.21. The van der Waals surface area contributed by atoms with E-state index in [1.165, 1.54) is 25.4 Å². The number of carbonyl (C=O) groups excluding carboxylic acids is 2. The molecule has 0 atom stereocenters. The van der Waals surface area contributed by atoms with Crippen molar-refractivity contribution in [1.82, 2.24) is 4.98 Å². The first-order valence-corrected chi connectivity index (χ1v) is 6.73. The maximum absolute atomic E-state index is 12.3. The van der Waals surface area contributed by atoms with Crippen LogP contribution in [0, 0.1) is 0 Å². The minimum atomic E-state index is -0.460. The number of rotatable bonds is 5. The highest BCUT2D eigenvalue weighted by Crippen LogP contribution is 2.19. The summed E-state index contributed by atoms with van der Waals surface area (Å²) in [4.78, 5) is 27.9. The van der Waals surface area contributed by atoms with Gasteiger partial charge >= 0.3 is 5.97 Å². The van der Waals surface area contributed by atoms with Gasteiger partial charge in [-0.15, -0.1) is 0 Å². The van der Waals surface area contributed by atoms with Crippen molar-refractivity contribution in [3.05, 3.63) is 53.7 Å². The van der Waals surface area contributed by atoms with Crippen LogP contribution in [0.2, 0.25) is 0 Å². The summed E-state index contributed by atoms with van der Waals surface area (Å²) in [6.45, 7) is 2.01. The molecule has 22 heavy (non-hydrogen) atoms. The van der Waals surface area contributed by atoms with Crippen LogP contribution in [0.1, 0.15) is 27.6 Å². The minimum absolute atomic E-state index is 0.265. The molecule has 0 unspecified atom stereocenters. The molecule has 0 fully saturated rings. The van der Waals surface area contributed by atoms with E-state index in [1.807, 2.05) is 0 Å². The van der Waals surface area contributed by atoms with Crippen LogP contribution in [0.4, 0.5) is 5.82 Å². The lowest BCUT2D eigenvalue weighted by Crippen LogP contribution is -2.15. The van der Waals surface area contributed by atoms with Gasteiger partial charge in [-0.05, 0) is 31.2 Å². The van der Waals surface area contributed by atoms with E-state index >= 15 is 0 Å². The van der Waals surface area contributed by atoms with Gasteiger partial charge in [-0.1, -0.05) is 12.1 Å². The molecule has 0 spiro atoms. The lowest BCUT2D eigenvalue weighted by Gasteiger charge is -2.09. The molecule has 1 N–H and O–H groups in total. The largest absolute Gasteiger partial charge is 0.496 e. The first kappa shape index (κ1) is 15.5. The SMILES string of the molecule is CCOC(=O)c1ccnc(NC(=O)c2ccccc2OC)c1. The molecule has 2 rings (SSSR count). The highest BCUT2D eigenvalue weighted by molar-refractivity contribution is 6.06. The van der Waals surface area contributed by atoms with Gasteiger partial charge in [0.2, 0.25) is 0 Å². The van der Waals surface area contributed by atoms with Crippen LogP contribution in [-0.2, 0) is 4.74 Å². The summed E-state index contributed by atoms with van der Waals surface area (Å²) in [5.41, 5.74) is 0.709.